The summed E-state index contributed by atoms with van der Waals surface area (Å²) >= 11 is 0. The summed E-state index contributed by atoms with van der Waals surface area (Å²) in [6.45, 7) is 0. The Hall–Kier alpha value is -0.410. The molecule has 0 radical (unpaired) electrons. The fourth-order valence-corrected chi connectivity index (χ4v) is 10.1. The van der Waals surface area contributed by atoms with Crippen molar-refractivity contribution in [1.29, 1.82) is 0 Å². The average molecular weight is 359 g/mol. The van der Waals surface area contributed by atoms with Gasteiger partial charge in [0.2, 0.25) is 0 Å². The number of carbonyl (C=O) groups excluding carboxylic acids is 1. The fourth-order valence-electron chi connectivity index (χ4n) is 10.1. The molecule has 0 aromatic heterocycles. The van der Waals surface area contributed by atoms with E-state index in [9.17, 15) is 15.0 Å². The maximum absolute atomic E-state index is 13.3. The smallest absolute Gasteiger partial charge is 0.134 e. The van der Waals surface area contributed by atoms with Crippen molar-refractivity contribution in [1.82, 2.24) is 0 Å². The highest BCUT2D eigenvalue weighted by Crippen LogP contribution is 2.65. The lowest BCUT2D eigenvalue weighted by Gasteiger charge is -2.61. The van der Waals surface area contributed by atoms with Gasteiger partial charge < -0.3 is 10.2 Å². The molecule has 8 aliphatic carbocycles. The van der Waals surface area contributed by atoms with Crippen molar-refractivity contribution in [3.05, 3.63) is 0 Å². The summed E-state index contributed by atoms with van der Waals surface area (Å²) in [5.74, 6) is 3.09. The third kappa shape index (κ3) is 2.49. The molecule has 0 amide bonds. The second-order valence-corrected chi connectivity index (χ2v) is 12.3. The van der Waals surface area contributed by atoms with Crippen LogP contribution in [0.1, 0.15) is 89.9 Å². The van der Waals surface area contributed by atoms with Gasteiger partial charge in [0.1, 0.15) is 5.78 Å². The summed E-state index contributed by atoms with van der Waals surface area (Å²) < 4.78 is 0. The second-order valence-electron chi connectivity index (χ2n) is 12.3. The average Bonchev–Trinajstić information content (AvgIpc) is 2.39. The summed E-state index contributed by atoms with van der Waals surface area (Å²) in [6.07, 6.45) is 14.4. The number of Topliss-reactive ketones (excluding diaryl/α,β-unsaturated/α-hetero) is 1. The van der Waals surface area contributed by atoms with Crippen molar-refractivity contribution in [2.24, 2.45) is 34.5 Å². The lowest BCUT2D eigenvalue weighted by molar-refractivity contribution is -0.177. The molecule has 4 atom stereocenters. The van der Waals surface area contributed by atoms with Crippen LogP contribution in [-0.2, 0) is 4.79 Å². The Balaban J connectivity index is 1.19. The standard InChI is InChI=1S/C23H34O3/c24-19(11-20-3-15-1-16(4-20)8-22(25,7-15)13-20)12-21-5-17-2-18(6-21)10-23(26,9-17)14-21/h15-18,25-26H,1-14H2. The minimum absolute atomic E-state index is 0.106. The quantitative estimate of drug-likeness (QED) is 0.799. The van der Waals surface area contributed by atoms with Gasteiger partial charge in [0.05, 0.1) is 11.2 Å². The third-order valence-corrected chi connectivity index (χ3v) is 9.45. The van der Waals surface area contributed by atoms with Gasteiger partial charge in [-0.2, -0.15) is 0 Å². The molecule has 8 rings (SSSR count). The van der Waals surface area contributed by atoms with E-state index in [0.29, 0.717) is 42.3 Å². The van der Waals surface area contributed by atoms with Gasteiger partial charge in [0, 0.05) is 12.8 Å². The molecule has 2 N–H and O–H groups in total. The van der Waals surface area contributed by atoms with Crippen LogP contribution in [0.5, 0.6) is 0 Å². The van der Waals surface area contributed by atoms with E-state index in [1.54, 1.807) is 0 Å². The zero-order valence-electron chi connectivity index (χ0n) is 16.0. The monoisotopic (exact) mass is 358 g/mol. The molecule has 4 unspecified atom stereocenters. The Morgan fingerprint density at radius 3 is 1.31 bits per heavy atom. The number of hydrogen-bond acceptors (Lipinski definition) is 3. The van der Waals surface area contributed by atoms with Crippen LogP contribution < -0.4 is 0 Å². The number of hydrogen-bond donors (Lipinski definition) is 2. The van der Waals surface area contributed by atoms with Gasteiger partial charge in [0.15, 0.2) is 0 Å². The van der Waals surface area contributed by atoms with Crippen LogP contribution in [0.4, 0.5) is 0 Å². The number of aliphatic hydroxyl groups is 2. The van der Waals surface area contributed by atoms with Crippen molar-refractivity contribution in [2.75, 3.05) is 0 Å². The van der Waals surface area contributed by atoms with Gasteiger partial charge in [-0.05, 0) is 112 Å². The molecule has 0 aromatic carbocycles. The van der Waals surface area contributed by atoms with Crippen molar-refractivity contribution in [2.45, 2.75) is 101 Å². The molecule has 8 bridgehead atoms. The molecule has 8 aliphatic rings. The molecule has 0 aromatic rings. The Kier molecular flexibility index (Phi) is 3.15. The van der Waals surface area contributed by atoms with Crippen LogP contribution in [0.15, 0.2) is 0 Å². The molecular weight excluding hydrogens is 324 g/mol. The van der Waals surface area contributed by atoms with E-state index in [4.69, 9.17) is 0 Å². The van der Waals surface area contributed by atoms with Crippen molar-refractivity contribution < 1.29 is 15.0 Å². The summed E-state index contributed by atoms with van der Waals surface area (Å²) in [6, 6.07) is 0. The first-order valence-electron chi connectivity index (χ1n) is 11.2. The predicted octanol–water partition coefficient (Wildman–Crippen LogP) is 4.00. The first kappa shape index (κ1) is 16.5. The Bertz CT molecular complexity index is 570. The number of carbonyl (C=O) groups is 1. The zero-order valence-corrected chi connectivity index (χ0v) is 16.0. The predicted molar refractivity (Wildman–Crippen MR) is 98.4 cm³/mol. The van der Waals surface area contributed by atoms with Gasteiger partial charge in [0.25, 0.3) is 0 Å². The molecule has 144 valence electrons. The zero-order chi connectivity index (χ0) is 17.8. The minimum Gasteiger partial charge on any atom is -0.390 e. The van der Waals surface area contributed by atoms with E-state index in [-0.39, 0.29) is 10.8 Å². The molecule has 0 heterocycles. The Labute approximate surface area is 156 Å². The largest absolute Gasteiger partial charge is 0.390 e. The van der Waals surface area contributed by atoms with Crippen LogP contribution in [0.25, 0.3) is 0 Å². The van der Waals surface area contributed by atoms with Crippen LogP contribution in [0.3, 0.4) is 0 Å². The molecule has 0 saturated heterocycles. The Morgan fingerprint density at radius 1 is 0.654 bits per heavy atom. The van der Waals surface area contributed by atoms with Crippen molar-refractivity contribution >= 4 is 5.78 Å². The molecule has 8 saturated carbocycles. The van der Waals surface area contributed by atoms with E-state index < -0.39 is 11.2 Å². The van der Waals surface area contributed by atoms with Gasteiger partial charge in [-0.1, -0.05) is 0 Å². The van der Waals surface area contributed by atoms with Crippen molar-refractivity contribution in [3.63, 3.8) is 0 Å². The second kappa shape index (κ2) is 4.95. The van der Waals surface area contributed by atoms with Crippen molar-refractivity contribution in [3.8, 4) is 0 Å². The van der Waals surface area contributed by atoms with E-state index in [1.807, 2.05) is 0 Å². The molecule has 26 heavy (non-hydrogen) atoms. The topological polar surface area (TPSA) is 57.5 Å². The molecule has 0 spiro atoms. The maximum atomic E-state index is 13.3. The van der Waals surface area contributed by atoms with Gasteiger partial charge in [-0.3, -0.25) is 4.79 Å². The summed E-state index contributed by atoms with van der Waals surface area (Å²) in [7, 11) is 0. The maximum Gasteiger partial charge on any atom is 0.134 e. The van der Waals surface area contributed by atoms with Gasteiger partial charge in [-0.25, -0.2) is 0 Å². The molecular formula is C23H34O3. The highest BCUT2D eigenvalue weighted by atomic mass is 16.3. The normalized spacial score (nSPS) is 59.2. The van der Waals surface area contributed by atoms with Crippen LogP contribution in [0, 0.1) is 34.5 Å². The van der Waals surface area contributed by atoms with E-state index in [1.165, 1.54) is 38.5 Å². The lowest BCUT2D eigenvalue weighted by atomic mass is 9.45. The lowest BCUT2D eigenvalue weighted by Crippen LogP contribution is -2.57. The molecule has 8 fully saturated rings. The number of ketones is 1. The number of rotatable bonds is 4. The van der Waals surface area contributed by atoms with E-state index >= 15 is 0 Å². The van der Waals surface area contributed by atoms with Gasteiger partial charge in [-0.15, -0.1) is 0 Å². The fraction of sp³-hybridized carbons (Fsp3) is 0.957. The SMILES string of the molecule is O=C(CC12CC3CC(CC(O)(C3)C1)C2)CC12CC3CC(CC(O)(C3)C1)C2. The van der Waals surface area contributed by atoms with Crippen LogP contribution in [0.2, 0.25) is 0 Å². The summed E-state index contributed by atoms with van der Waals surface area (Å²) in [5, 5.41) is 21.9. The van der Waals surface area contributed by atoms with Crippen LogP contribution in [-0.4, -0.2) is 27.2 Å². The summed E-state index contributed by atoms with van der Waals surface area (Å²) in [4.78, 5) is 13.3. The summed E-state index contributed by atoms with van der Waals surface area (Å²) in [5.41, 5.74) is -0.704. The molecule has 3 nitrogen and oxygen atoms in total. The molecule has 3 heteroatoms. The van der Waals surface area contributed by atoms with Crippen LogP contribution >= 0.6 is 0 Å². The van der Waals surface area contributed by atoms with Gasteiger partial charge >= 0.3 is 0 Å². The van der Waals surface area contributed by atoms with E-state index in [2.05, 4.69) is 0 Å². The first-order chi connectivity index (χ1) is 12.2. The highest BCUT2D eigenvalue weighted by molar-refractivity contribution is 5.80. The van der Waals surface area contributed by atoms with E-state index in [0.717, 1.165) is 38.5 Å². The minimum atomic E-state index is -0.458. The molecule has 0 aliphatic heterocycles. The third-order valence-electron chi connectivity index (χ3n) is 9.45. The first-order valence-corrected chi connectivity index (χ1v) is 11.2. The highest BCUT2D eigenvalue weighted by Gasteiger charge is 2.60. The Morgan fingerprint density at radius 2 is 1.00 bits per heavy atom.